The number of nitroso groups, excluding NO2 is 1. The minimum absolute atomic E-state index is 0.0533. The normalized spacial score (nSPS) is 58.2. The highest BCUT2D eigenvalue weighted by Gasteiger charge is 2.55. The average Bonchev–Trinajstić information content (AvgIpc) is 2.00. The molecule has 0 aromatic rings. The Kier molecular flexibility index (Phi) is 1.56. The number of hydrogen-bond acceptors (Lipinski definition) is 2. The first kappa shape index (κ1) is 8.22. The van der Waals surface area contributed by atoms with Crippen molar-refractivity contribution in [2.24, 2.45) is 22.9 Å². The van der Waals surface area contributed by atoms with Gasteiger partial charge in [0.05, 0.1) is 6.04 Å². The number of alkyl halides is 1. The van der Waals surface area contributed by atoms with Crippen LogP contribution in [0.4, 0.5) is 0 Å². The van der Waals surface area contributed by atoms with E-state index in [0.29, 0.717) is 11.8 Å². The predicted octanol–water partition coefficient (Wildman–Crippen LogP) is 2.94. The Bertz CT molecular complexity index is 239. The first-order chi connectivity index (χ1) is 6.20. The van der Waals surface area contributed by atoms with Crippen LogP contribution in [0.25, 0.3) is 0 Å². The monoisotopic (exact) mass is 199 g/mol. The van der Waals surface area contributed by atoms with Crippen LogP contribution in [0.1, 0.15) is 32.1 Å². The van der Waals surface area contributed by atoms with Gasteiger partial charge in [-0.25, -0.2) is 0 Å². The molecule has 0 spiro atoms. The molecular weight excluding hydrogens is 186 g/mol. The number of rotatable bonds is 1. The van der Waals surface area contributed by atoms with Gasteiger partial charge in [-0.3, -0.25) is 0 Å². The average molecular weight is 200 g/mol. The second-order valence-corrected chi connectivity index (χ2v) is 6.02. The summed E-state index contributed by atoms with van der Waals surface area (Å²) in [5, 5.41) is 3.31. The third kappa shape index (κ3) is 1.08. The molecule has 3 heteroatoms. The lowest BCUT2D eigenvalue weighted by Crippen LogP contribution is -2.53. The lowest BCUT2D eigenvalue weighted by molar-refractivity contribution is 0.0148. The van der Waals surface area contributed by atoms with Crippen molar-refractivity contribution in [1.82, 2.24) is 0 Å². The highest BCUT2D eigenvalue weighted by atomic mass is 35.5. The molecule has 72 valence electrons. The Morgan fingerprint density at radius 3 is 2.23 bits per heavy atom. The highest BCUT2D eigenvalue weighted by Crippen LogP contribution is 2.59. The summed E-state index contributed by atoms with van der Waals surface area (Å²) in [7, 11) is 0. The Hall–Kier alpha value is -0.110. The molecule has 4 fully saturated rings. The van der Waals surface area contributed by atoms with E-state index in [-0.39, 0.29) is 10.9 Å². The molecule has 0 radical (unpaired) electrons. The van der Waals surface area contributed by atoms with Gasteiger partial charge >= 0.3 is 0 Å². The smallest absolute Gasteiger partial charge is 0.0977 e. The molecule has 2 unspecified atom stereocenters. The van der Waals surface area contributed by atoms with Gasteiger partial charge in [-0.1, -0.05) is 5.18 Å². The topological polar surface area (TPSA) is 29.4 Å². The molecule has 0 aromatic carbocycles. The van der Waals surface area contributed by atoms with E-state index in [9.17, 15) is 4.91 Å². The van der Waals surface area contributed by atoms with Crippen molar-refractivity contribution in [3.05, 3.63) is 4.91 Å². The van der Waals surface area contributed by atoms with Crippen LogP contribution in [0.15, 0.2) is 5.18 Å². The van der Waals surface area contributed by atoms with Crippen LogP contribution in [0.3, 0.4) is 0 Å². The van der Waals surface area contributed by atoms with Gasteiger partial charge in [-0.15, -0.1) is 11.6 Å². The van der Waals surface area contributed by atoms with Crippen molar-refractivity contribution in [2.75, 3.05) is 0 Å². The Morgan fingerprint density at radius 1 is 1.15 bits per heavy atom. The van der Waals surface area contributed by atoms with Crippen LogP contribution < -0.4 is 0 Å². The van der Waals surface area contributed by atoms with Crippen LogP contribution >= 0.6 is 11.6 Å². The van der Waals surface area contributed by atoms with E-state index in [4.69, 9.17) is 11.6 Å². The maximum atomic E-state index is 10.7. The summed E-state index contributed by atoms with van der Waals surface area (Å²) in [5.74, 6) is 1.83. The molecule has 4 aliphatic rings. The zero-order valence-electron chi connectivity index (χ0n) is 7.58. The van der Waals surface area contributed by atoms with Crippen molar-refractivity contribution in [1.29, 1.82) is 0 Å². The Balaban J connectivity index is 1.94. The summed E-state index contributed by atoms with van der Waals surface area (Å²) in [4.78, 5) is 10.8. The molecule has 0 N–H and O–H groups in total. The summed E-state index contributed by atoms with van der Waals surface area (Å²) in [6, 6.07) is 0.100. The summed E-state index contributed by atoms with van der Waals surface area (Å²) in [6.07, 6.45) is 5.69. The molecular formula is C10H14ClNO. The van der Waals surface area contributed by atoms with E-state index in [0.717, 1.165) is 18.8 Å². The van der Waals surface area contributed by atoms with Crippen molar-refractivity contribution in [3.63, 3.8) is 0 Å². The third-order valence-corrected chi connectivity index (χ3v) is 4.73. The van der Waals surface area contributed by atoms with Crippen LogP contribution in [-0.4, -0.2) is 10.9 Å². The zero-order valence-corrected chi connectivity index (χ0v) is 8.33. The molecule has 4 saturated carbocycles. The lowest BCUT2D eigenvalue weighted by Gasteiger charge is -2.55. The fourth-order valence-electron chi connectivity index (χ4n) is 4.07. The van der Waals surface area contributed by atoms with E-state index >= 15 is 0 Å². The summed E-state index contributed by atoms with van der Waals surface area (Å²) >= 11 is 6.51. The van der Waals surface area contributed by atoms with Crippen LogP contribution in [0.5, 0.6) is 0 Å². The first-order valence-electron chi connectivity index (χ1n) is 5.21. The summed E-state index contributed by atoms with van der Waals surface area (Å²) < 4.78 is 0. The van der Waals surface area contributed by atoms with E-state index in [1.54, 1.807) is 0 Å². The highest BCUT2D eigenvalue weighted by molar-refractivity contribution is 6.24. The fraction of sp³-hybridized carbons (Fsp3) is 1.00. The molecule has 0 heterocycles. The maximum Gasteiger partial charge on any atom is 0.0977 e. The van der Waals surface area contributed by atoms with Gasteiger partial charge in [0, 0.05) is 4.87 Å². The number of halogens is 1. The SMILES string of the molecule is O=NC1C2CC3CC1CC(Cl)(C3)C2. The van der Waals surface area contributed by atoms with Crippen LogP contribution in [-0.2, 0) is 0 Å². The standard InChI is InChI=1S/C10H14ClNO/c11-10-3-6-1-7(4-10)9(12-13)8(2-6)5-10/h6-9H,1-5H2. The molecule has 0 amide bonds. The van der Waals surface area contributed by atoms with Gasteiger partial charge in [0.15, 0.2) is 0 Å². The van der Waals surface area contributed by atoms with Crippen molar-refractivity contribution >= 4 is 11.6 Å². The second-order valence-electron chi connectivity index (χ2n) is 5.22. The van der Waals surface area contributed by atoms with Crippen LogP contribution in [0.2, 0.25) is 0 Å². The maximum absolute atomic E-state index is 10.7. The van der Waals surface area contributed by atoms with Gasteiger partial charge in [0.25, 0.3) is 0 Å². The van der Waals surface area contributed by atoms with E-state index < -0.39 is 0 Å². The van der Waals surface area contributed by atoms with E-state index in [2.05, 4.69) is 5.18 Å². The van der Waals surface area contributed by atoms with Gasteiger partial charge in [-0.2, -0.15) is 4.91 Å². The fourth-order valence-corrected chi connectivity index (χ4v) is 4.68. The third-order valence-electron chi connectivity index (χ3n) is 4.27. The zero-order chi connectivity index (χ0) is 9.05. The molecule has 0 aromatic heterocycles. The van der Waals surface area contributed by atoms with Gasteiger partial charge < -0.3 is 0 Å². The molecule has 4 rings (SSSR count). The van der Waals surface area contributed by atoms with Crippen molar-refractivity contribution < 1.29 is 0 Å². The quantitative estimate of drug-likeness (QED) is 0.472. The predicted molar refractivity (Wildman–Crippen MR) is 51.7 cm³/mol. The van der Waals surface area contributed by atoms with Crippen molar-refractivity contribution in [3.8, 4) is 0 Å². The Morgan fingerprint density at radius 2 is 1.77 bits per heavy atom. The molecule has 0 aliphatic heterocycles. The van der Waals surface area contributed by atoms with Gasteiger partial charge in [0.2, 0.25) is 0 Å². The molecule has 2 atom stereocenters. The first-order valence-corrected chi connectivity index (χ1v) is 5.59. The largest absolute Gasteiger partial charge is 0.150 e. The summed E-state index contributed by atoms with van der Waals surface area (Å²) in [5.41, 5.74) is 0. The molecule has 13 heavy (non-hydrogen) atoms. The number of hydrogen-bond donors (Lipinski definition) is 0. The van der Waals surface area contributed by atoms with E-state index in [1.165, 1.54) is 19.3 Å². The molecule has 2 nitrogen and oxygen atoms in total. The molecule has 0 saturated heterocycles. The van der Waals surface area contributed by atoms with Crippen molar-refractivity contribution in [2.45, 2.75) is 43.0 Å². The second kappa shape index (κ2) is 2.47. The van der Waals surface area contributed by atoms with Gasteiger partial charge in [-0.05, 0) is 49.9 Å². The minimum atomic E-state index is 0.0533. The Labute approximate surface area is 83.0 Å². The minimum Gasteiger partial charge on any atom is -0.150 e. The molecule has 4 aliphatic carbocycles. The number of nitrogens with zero attached hydrogens (tertiary/aromatic N) is 1. The van der Waals surface area contributed by atoms with E-state index in [1.807, 2.05) is 0 Å². The molecule has 4 bridgehead atoms. The summed E-state index contributed by atoms with van der Waals surface area (Å²) in [6.45, 7) is 0. The van der Waals surface area contributed by atoms with Crippen LogP contribution in [0, 0.1) is 22.7 Å². The van der Waals surface area contributed by atoms with Gasteiger partial charge in [0.1, 0.15) is 0 Å². The lowest BCUT2D eigenvalue weighted by atomic mass is 9.54.